The molecule has 0 saturated carbocycles. The summed E-state index contributed by atoms with van der Waals surface area (Å²) in [7, 11) is 0. The molecule has 0 atom stereocenters. The van der Waals surface area contributed by atoms with Crippen molar-refractivity contribution >= 4 is 23.3 Å². The summed E-state index contributed by atoms with van der Waals surface area (Å²) in [5.41, 5.74) is 7.16. The molecule has 0 saturated heterocycles. The van der Waals surface area contributed by atoms with Crippen molar-refractivity contribution in [1.29, 1.82) is 0 Å². The number of hydrogen-bond acceptors (Lipinski definition) is 3. The summed E-state index contributed by atoms with van der Waals surface area (Å²) in [6, 6.07) is 11.9. The van der Waals surface area contributed by atoms with Crippen LogP contribution in [0.3, 0.4) is 0 Å². The van der Waals surface area contributed by atoms with Gasteiger partial charge in [0.1, 0.15) is 5.75 Å². The first kappa shape index (κ1) is 17.0. The lowest BCUT2D eigenvalue weighted by Gasteiger charge is -2.10. The van der Waals surface area contributed by atoms with Gasteiger partial charge >= 0.3 is 0 Å². The summed E-state index contributed by atoms with van der Waals surface area (Å²) in [6.45, 7) is 4.00. The zero-order valence-corrected chi connectivity index (χ0v) is 13.8. The average Bonchev–Trinajstić information content (AvgIpc) is 2.53. The van der Waals surface area contributed by atoms with E-state index in [1.807, 2.05) is 12.1 Å². The molecule has 1 amide bonds. The Balaban J connectivity index is 2.09. The van der Waals surface area contributed by atoms with E-state index in [2.05, 4.69) is 13.8 Å². The van der Waals surface area contributed by atoms with Gasteiger partial charge in [0.05, 0.1) is 5.56 Å². The van der Waals surface area contributed by atoms with Gasteiger partial charge in [0, 0.05) is 10.6 Å². The van der Waals surface area contributed by atoms with Gasteiger partial charge in [-0.1, -0.05) is 49.7 Å². The normalized spacial score (nSPS) is 10.6. The van der Waals surface area contributed by atoms with Crippen LogP contribution in [0.4, 0.5) is 0 Å². The van der Waals surface area contributed by atoms with E-state index in [9.17, 15) is 9.59 Å². The van der Waals surface area contributed by atoms with Crippen LogP contribution in [0.2, 0.25) is 5.02 Å². The number of halogens is 1. The van der Waals surface area contributed by atoms with E-state index in [4.69, 9.17) is 22.1 Å². The van der Waals surface area contributed by atoms with Crippen LogP contribution in [0.15, 0.2) is 42.5 Å². The third kappa shape index (κ3) is 4.33. The third-order valence-electron chi connectivity index (χ3n) is 3.47. The Labute approximate surface area is 140 Å². The van der Waals surface area contributed by atoms with E-state index in [-0.39, 0.29) is 23.7 Å². The monoisotopic (exact) mass is 331 g/mol. The van der Waals surface area contributed by atoms with E-state index < -0.39 is 5.91 Å². The SMILES string of the molecule is CC(C)c1ccc(C(=O)COc2ccc(Cl)cc2C(N)=O)cc1. The Bertz CT molecular complexity index is 724. The molecule has 0 aliphatic carbocycles. The Morgan fingerprint density at radius 3 is 2.35 bits per heavy atom. The number of ketones is 1. The van der Waals surface area contributed by atoms with E-state index >= 15 is 0 Å². The topological polar surface area (TPSA) is 69.4 Å². The van der Waals surface area contributed by atoms with E-state index in [0.717, 1.165) is 5.56 Å². The van der Waals surface area contributed by atoms with Crippen molar-refractivity contribution in [2.75, 3.05) is 6.61 Å². The van der Waals surface area contributed by atoms with E-state index in [1.54, 1.807) is 18.2 Å². The number of nitrogens with two attached hydrogens (primary N) is 1. The largest absolute Gasteiger partial charge is 0.485 e. The predicted molar refractivity (Wildman–Crippen MR) is 90.3 cm³/mol. The molecule has 23 heavy (non-hydrogen) atoms. The molecule has 0 bridgehead atoms. The molecule has 0 aliphatic heterocycles. The van der Waals surface area contributed by atoms with E-state index in [1.165, 1.54) is 12.1 Å². The number of primary amides is 1. The maximum Gasteiger partial charge on any atom is 0.252 e. The van der Waals surface area contributed by atoms with Crippen LogP contribution in [-0.2, 0) is 0 Å². The van der Waals surface area contributed by atoms with Crippen LogP contribution in [0, 0.1) is 0 Å². The Hall–Kier alpha value is -2.33. The van der Waals surface area contributed by atoms with Crippen molar-refractivity contribution < 1.29 is 14.3 Å². The number of amides is 1. The van der Waals surface area contributed by atoms with Crippen LogP contribution in [0.1, 0.15) is 46.0 Å². The number of carbonyl (C=O) groups excluding carboxylic acids is 2. The van der Waals surface area contributed by atoms with Gasteiger partial charge in [-0.3, -0.25) is 9.59 Å². The van der Waals surface area contributed by atoms with Gasteiger partial charge in [0.25, 0.3) is 5.91 Å². The van der Waals surface area contributed by atoms with Gasteiger partial charge in [-0.2, -0.15) is 0 Å². The zero-order valence-electron chi connectivity index (χ0n) is 13.0. The minimum Gasteiger partial charge on any atom is -0.485 e. The summed E-state index contributed by atoms with van der Waals surface area (Å²) in [4.78, 5) is 23.6. The maximum absolute atomic E-state index is 12.2. The Kier molecular flexibility index (Phi) is 5.40. The number of ether oxygens (including phenoxy) is 1. The molecule has 5 heteroatoms. The standard InChI is InChI=1S/C18H18ClNO3/c1-11(2)12-3-5-13(6-4-12)16(21)10-23-17-8-7-14(19)9-15(17)18(20)22/h3-9,11H,10H2,1-2H3,(H2,20,22). The molecular formula is C18H18ClNO3. The van der Waals surface area contributed by atoms with Crippen LogP contribution >= 0.6 is 11.6 Å². The van der Waals surface area contributed by atoms with Gasteiger partial charge in [0.15, 0.2) is 12.4 Å². The van der Waals surface area contributed by atoms with Gasteiger partial charge in [0.2, 0.25) is 0 Å². The fourth-order valence-electron chi connectivity index (χ4n) is 2.10. The van der Waals surface area contributed by atoms with Gasteiger partial charge in [-0.05, 0) is 29.7 Å². The fraction of sp³-hybridized carbons (Fsp3) is 0.222. The van der Waals surface area contributed by atoms with E-state index in [0.29, 0.717) is 16.5 Å². The molecule has 0 aromatic heterocycles. The summed E-state index contributed by atoms with van der Waals surface area (Å²) in [6.07, 6.45) is 0. The molecule has 0 heterocycles. The highest BCUT2D eigenvalue weighted by atomic mass is 35.5. The first-order chi connectivity index (χ1) is 10.9. The first-order valence-corrected chi connectivity index (χ1v) is 7.61. The number of carbonyl (C=O) groups is 2. The van der Waals surface area contributed by atoms with Gasteiger partial charge in [-0.15, -0.1) is 0 Å². The number of hydrogen-bond donors (Lipinski definition) is 1. The number of benzene rings is 2. The quantitative estimate of drug-likeness (QED) is 0.818. The second-order valence-corrected chi connectivity index (χ2v) is 5.93. The summed E-state index contributed by atoms with van der Waals surface area (Å²) in [5.74, 6) is -0.182. The molecule has 0 radical (unpaired) electrons. The van der Waals surface area contributed by atoms with Crippen molar-refractivity contribution in [3.63, 3.8) is 0 Å². The van der Waals surface area contributed by atoms with Crippen LogP contribution in [0.5, 0.6) is 5.75 Å². The molecule has 0 unspecified atom stereocenters. The van der Waals surface area contributed by atoms with Crippen molar-refractivity contribution in [2.45, 2.75) is 19.8 Å². The lowest BCUT2D eigenvalue weighted by molar-refractivity contribution is 0.0912. The fourth-order valence-corrected chi connectivity index (χ4v) is 2.27. The molecule has 2 rings (SSSR count). The van der Waals surface area contributed by atoms with Crippen LogP contribution < -0.4 is 10.5 Å². The lowest BCUT2D eigenvalue weighted by Crippen LogP contribution is -2.16. The molecule has 2 aromatic carbocycles. The second kappa shape index (κ2) is 7.29. The molecular weight excluding hydrogens is 314 g/mol. The highest BCUT2D eigenvalue weighted by Crippen LogP contribution is 2.23. The second-order valence-electron chi connectivity index (χ2n) is 5.49. The Morgan fingerprint density at radius 1 is 1.13 bits per heavy atom. The van der Waals surface area contributed by atoms with Gasteiger partial charge < -0.3 is 10.5 Å². The smallest absolute Gasteiger partial charge is 0.252 e. The summed E-state index contributed by atoms with van der Waals surface area (Å²) in [5, 5.41) is 0.377. The van der Waals surface area contributed by atoms with Crippen molar-refractivity contribution in [3.8, 4) is 5.75 Å². The molecule has 0 aliphatic rings. The van der Waals surface area contributed by atoms with Gasteiger partial charge in [-0.25, -0.2) is 0 Å². The minimum absolute atomic E-state index is 0.153. The minimum atomic E-state index is -0.656. The average molecular weight is 332 g/mol. The number of rotatable bonds is 6. The highest BCUT2D eigenvalue weighted by Gasteiger charge is 2.13. The van der Waals surface area contributed by atoms with Crippen LogP contribution in [0.25, 0.3) is 0 Å². The summed E-state index contributed by atoms with van der Waals surface area (Å²) >= 11 is 5.83. The molecule has 120 valence electrons. The predicted octanol–water partition coefficient (Wildman–Crippen LogP) is 3.82. The third-order valence-corrected chi connectivity index (χ3v) is 3.70. The lowest BCUT2D eigenvalue weighted by atomic mass is 10.0. The first-order valence-electron chi connectivity index (χ1n) is 7.24. The van der Waals surface area contributed by atoms with Crippen molar-refractivity contribution in [3.05, 3.63) is 64.2 Å². The van der Waals surface area contributed by atoms with Crippen LogP contribution in [-0.4, -0.2) is 18.3 Å². The number of Topliss-reactive ketones (excluding diaryl/α,β-unsaturated/α-hetero) is 1. The molecule has 2 aromatic rings. The molecule has 0 spiro atoms. The Morgan fingerprint density at radius 2 is 1.78 bits per heavy atom. The van der Waals surface area contributed by atoms with Crippen molar-refractivity contribution in [2.24, 2.45) is 5.73 Å². The molecule has 0 fully saturated rings. The van der Waals surface area contributed by atoms with Crippen molar-refractivity contribution in [1.82, 2.24) is 0 Å². The zero-order chi connectivity index (χ0) is 17.0. The molecule has 4 nitrogen and oxygen atoms in total. The summed E-state index contributed by atoms with van der Waals surface area (Å²) < 4.78 is 5.44. The highest BCUT2D eigenvalue weighted by molar-refractivity contribution is 6.31. The maximum atomic E-state index is 12.2. The molecule has 2 N–H and O–H groups in total.